The maximum atomic E-state index is 11.8. The summed E-state index contributed by atoms with van der Waals surface area (Å²) in [5, 5.41) is 8.70. The van der Waals surface area contributed by atoms with E-state index in [1.165, 1.54) is 11.8 Å². The van der Waals surface area contributed by atoms with Gasteiger partial charge in [0.1, 0.15) is 12.1 Å². The molecule has 0 aliphatic carbocycles. The van der Waals surface area contributed by atoms with Crippen LogP contribution in [0.5, 0.6) is 0 Å². The molecule has 1 amide bonds. The molecule has 1 N–H and O–H groups in total. The number of likely N-dealkylation sites (tertiary alicyclic amines) is 1. The number of morpholine rings is 1. The van der Waals surface area contributed by atoms with Gasteiger partial charge in [-0.2, -0.15) is 0 Å². The minimum atomic E-state index is -1.000. The number of aliphatic carboxylic acids is 1. The molecule has 2 aliphatic rings. The van der Waals surface area contributed by atoms with E-state index in [9.17, 15) is 14.4 Å². The topological polar surface area (TPSA) is 83.9 Å². The van der Waals surface area contributed by atoms with E-state index in [-0.39, 0.29) is 24.4 Å². The van der Waals surface area contributed by atoms with E-state index in [1.807, 2.05) is 0 Å². The van der Waals surface area contributed by atoms with Crippen LogP contribution in [0.25, 0.3) is 0 Å². The van der Waals surface area contributed by atoms with Gasteiger partial charge in [-0.15, -0.1) is 0 Å². The second-order valence-electron chi connectivity index (χ2n) is 4.30. The standard InChI is InChI=1S/C10H13NO5/c1-5(9(13)14)2-8(12)11-4-6-3-7(11)10(15)16-6/h5-7H,2-4H2,1H3,(H,13,14)/t5-,6-,7-/m0/s1. The van der Waals surface area contributed by atoms with Gasteiger partial charge in [0.25, 0.3) is 0 Å². The highest BCUT2D eigenvalue weighted by Gasteiger charge is 2.48. The van der Waals surface area contributed by atoms with E-state index < -0.39 is 17.9 Å². The first-order valence-electron chi connectivity index (χ1n) is 5.22. The molecule has 2 bridgehead atoms. The molecule has 0 aromatic rings. The highest BCUT2D eigenvalue weighted by molar-refractivity contribution is 5.89. The van der Waals surface area contributed by atoms with Gasteiger partial charge in [0.05, 0.1) is 12.5 Å². The third kappa shape index (κ3) is 1.75. The summed E-state index contributed by atoms with van der Waals surface area (Å²) in [4.78, 5) is 35.0. The molecule has 88 valence electrons. The molecule has 2 rings (SSSR count). The van der Waals surface area contributed by atoms with Crippen LogP contribution in [0.2, 0.25) is 0 Å². The number of carbonyl (C=O) groups excluding carboxylic acids is 2. The Kier molecular flexibility index (Phi) is 2.57. The molecule has 0 unspecified atom stereocenters. The molecule has 2 heterocycles. The largest absolute Gasteiger partial charge is 0.481 e. The molecule has 2 saturated heterocycles. The monoisotopic (exact) mass is 227 g/mol. The molecule has 6 nitrogen and oxygen atoms in total. The molecule has 0 saturated carbocycles. The minimum absolute atomic E-state index is 0.0637. The van der Waals surface area contributed by atoms with Crippen molar-refractivity contribution in [3.05, 3.63) is 0 Å². The van der Waals surface area contributed by atoms with Crippen molar-refractivity contribution in [1.82, 2.24) is 4.90 Å². The zero-order valence-electron chi connectivity index (χ0n) is 8.88. The lowest BCUT2D eigenvalue weighted by atomic mass is 10.1. The van der Waals surface area contributed by atoms with E-state index in [2.05, 4.69) is 0 Å². The normalized spacial score (nSPS) is 29.1. The van der Waals surface area contributed by atoms with Crippen molar-refractivity contribution in [3.8, 4) is 0 Å². The van der Waals surface area contributed by atoms with Crippen LogP contribution in [-0.4, -0.2) is 46.5 Å². The lowest BCUT2D eigenvalue weighted by Crippen LogP contribution is -2.45. The second-order valence-corrected chi connectivity index (χ2v) is 4.30. The molecule has 2 fully saturated rings. The van der Waals surface area contributed by atoms with E-state index >= 15 is 0 Å². The number of carbonyl (C=O) groups is 3. The molecule has 0 aromatic heterocycles. The van der Waals surface area contributed by atoms with Gasteiger partial charge in [-0.25, -0.2) is 4.79 Å². The summed E-state index contributed by atoms with van der Waals surface area (Å²) in [5.74, 6) is -2.37. The highest BCUT2D eigenvalue weighted by atomic mass is 16.6. The first kappa shape index (κ1) is 10.9. The molecular formula is C10H13NO5. The Morgan fingerprint density at radius 1 is 1.62 bits per heavy atom. The molecular weight excluding hydrogens is 214 g/mol. The van der Waals surface area contributed by atoms with Crippen LogP contribution in [-0.2, 0) is 19.1 Å². The van der Waals surface area contributed by atoms with Gasteiger partial charge in [0, 0.05) is 12.8 Å². The van der Waals surface area contributed by atoms with Crippen LogP contribution in [0.1, 0.15) is 19.8 Å². The SMILES string of the molecule is C[C@@H](CC(=O)N1C[C@@H]2C[C@H]1C(=O)O2)C(=O)O. The maximum Gasteiger partial charge on any atom is 0.329 e. The number of carboxylic acids is 1. The number of fused-ring (bicyclic) bond motifs is 2. The zero-order valence-corrected chi connectivity index (χ0v) is 8.88. The molecule has 3 atom stereocenters. The Labute approximate surface area is 92.2 Å². The Morgan fingerprint density at radius 2 is 2.31 bits per heavy atom. The Balaban J connectivity index is 1.96. The van der Waals surface area contributed by atoms with Crippen LogP contribution < -0.4 is 0 Å². The molecule has 16 heavy (non-hydrogen) atoms. The number of rotatable bonds is 3. The minimum Gasteiger partial charge on any atom is -0.481 e. The summed E-state index contributed by atoms with van der Waals surface area (Å²) in [6, 6.07) is -0.488. The van der Waals surface area contributed by atoms with Gasteiger partial charge in [-0.1, -0.05) is 6.92 Å². The highest BCUT2D eigenvalue weighted by Crippen LogP contribution is 2.29. The van der Waals surface area contributed by atoms with Crippen LogP contribution in [0.3, 0.4) is 0 Å². The van der Waals surface area contributed by atoms with Crippen molar-refractivity contribution in [1.29, 1.82) is 0 Å². The van der Waals surface area contributed by atoms with Crippen LogP contribution >= 0.6 is 0 Å². The smallest absolute Gasteiger partial charge is 0.329 e. The van der Waals surface area contributed by atoms with Gasteiger partial charge in [-0.05, 0) is 0 Å². The Bertz CT molecular complexity index is 353. The van der Waals surface area contributed by atoms with Crippen molar-refractivity contribution in [2.24, 2.45) is 5.92 Å². The van der Waals surface area contributed by atoms with Crippen LogP contribution in [0.15, 0.2) is 0 Å². The Morgan fingerprint density at radius 3 is 2.81 bits per heavy atom. The maximum absolute atomic E-state index is 11.8. The fraction of sp³-hybridized carbons (Fsp3) is 0.700. The fourth-order valence-corrected chi connectivity index (χ4v) is 2.09. The first-order valence-corrected chi connectivity index (χ1v) is 5.22. The molecule has 6 heteroatoms. The third-order valence-electron chi connectivity index (χ3n) is 3.04. The van der Waals surface area contributed by atoms with Gasteiger partial charge in [0.15, 0.2) is 0 Å². The number of carboxylic acid groups (broad SMARTS) is 1. The summed E-state index contributed by atoms with van der Waals surface area (Å²) < 4.78 is 4.94. The van der Waals surface area contributed by atoms with Gasteiger partial charge >= 0.3 is 11.9 Å². The number of hydrogen-bond acceptors (Lipinski definition) is 4. The summed E-state index contributed by atoms with van der Waals surface area (Å²) in [5.41, 5.74) is 0. The predicted molar refractivity (Wildman–Crippen MR) is 51.4 cm³/mol. The van der Waals surface area contributed by atoms with Crippen molar-refractivity contribution < 1.29 is 24.2 Å². The molecule has 0 radical (unpaired) electrons. The van der Waals surface area contributed by atoms with Gasteiger partial charge in [-0.3, -0.25) is 9.59 Å². The third-order valence-corrected chi connectivity index (χ3v) is 3.04. The summed E-state index contributed by atoms with van der Waals surface area (Å²) >= 11 is 0. The number of hydrogen-bond donors (Lipinski definition) is 1. The number of amides is 1. The summed E-state index contributed by atoms with van der Waals surface area (Å²) in [6.45, 7) is 1.88. The molecule has 0 aromatic carbocycles. The van der Waals surface area contributed by atoms with Crippen molar-refractivity contribution in [2.75, 3.05) is 6.54 Å². The average Bonchev–Trinajstić information content (AvgIpc) is 2.75. The second kappa shape index (κ2) is 3.77. The van der Waals surface area contributed by atoms with E-state index in [1.54, 1.807) is 0 Å². The number of ether oxygens (including phenoxy) is 1. The summed E-state index contributed by atoms with van der Waals surface area (Å²) in [6.07, 6.45) is 0.291. The zero-order chi connectivity index (χ0) is 11.9. The van der Waals surface area contributed by atoms with E-state index in [0.717, 1.165) is 0 Å². The van der Waals surface area contributed by atoms with Crippen molar-refractivity contribution in [2.45, 2.75) is 31.9 Å². The molecule has 0 spiro atoms. The summed E-state index contributed by atoms with van der Waals surface area (Å²) in [7, 11) is 0. The van der Waals surface area contributed by atoms with Gasteiger partial charge < -0.3 is 14.7 Å². The van der Waals surface area contributed by atoms with E-state index in [0.29, 0.717) is 13.0 Å². The number of nitrogens with zero attached hydrogens (tertiary/aromatic N) is 1. The van der Waals surface area contributed by atoms with Crippen molar-refractivity contribution >= 4 is 17.8 Å². The van der Waals surface area contributed by atoms with Crippen LogP contribution in [0.4, 0.5) is 0 Å². The molecule has 2 aliphatic heterocycles. The number of esters is 1. The average molecular weight is 227 g/mol. The van der Waals surface area contributed by atoms with Crippen LogP contribution in [0, 0.1) is 5.92 Å². The van der Waals surface area contributed by atoms with E-state index in [4.69, 9.17) is 9.84 Å². The van der Waals surface area contributed by atoms with Crippen molar-refractivity contribution in [3.63, 3.8) is 0 Å². The fourth-order valence-electron chi connectivity index (χ4n) is 2.09. The lowest BCUT2D eigenvalue weighted by Gasteiger charge is -2.26. The first-order chi connectivity index (χ1) is 7.49. The lowest BCUT2D eigenvalue weighted by molar-refractivity contribution is -0.158. The van der Waals surface area contributed by atoms with Gasteiger partial charge in [0.2, 0.25) is 5.91 Å². The quantitative estimate of drug-likeness (QED) is 0.664. The Hall–Kier alpha value is -1.59. The predicted octanol–water partition coefficient (Wildman–Crippen LogP) is -0.376.